The monoisotopic (exact) mass is 219 g/mol. The molecule has 0 heterocycles. The number of hydrogen-bond acceptors (Lipinski definition) is 7. The molecule has 0 fully saturated rings. The molecule has 0 saturated heterocycles. The van der Waals surface area contributed by atoms with Gasteiger partial charge in [0.2, 0.25) is 0 Å². The van der Waals surface area contributed by atoms with Gasteiger partial charge in [0.25, 0.3) is 0 Å². The van der Waals surface area contributed by atoms with Crippen LogP contribution in [0.3, 0.4) is 0 Å². The number of rotatable bonds is 3. The zero-order valence-electron chi connectivity index (χ0n) is 7.08. The van der Waals surface area contributed by atoms with Gasteiger partial charge in [0, 0.05) is 0 Å². The highest BCUT2D eigenvalue weighted by atomic mass is 32.3. The topological polar surface area (TPSA) is 136 Å². The van der Waals surface area contributed by atoms with Crippen LogP contribution in [0.5, 0.6) is 0 Å². The molecule has 8 nitrogen and oxygen atoms in total. The highest BCUT2D eigenvalue weighted by Crippen LogP contribution is 1.78. The normalized spacial score (nSPS) is 13.5. The third-order valence-corrected chi connectivity index (χ3v) is 1.21. The molecule has 0 radical (unpaired) electrons. The first-order valence-electron chi connectivity index (χ1n) is 2.99. The van der Waals surface area contributed by atoms with Crippen LogP contribution in [0.25, 0.3) is 0 Å². The number of likely N-dealkylation sites (N-methyl/N-ethyl adjacent to an activating group) is 1. The van der Waals surface area contributed by atoms with E-state index in [0.717, 1.165) is 7.11 Å². The lowest BCUT2D eigenvalue weighted by Gasteiger charge is -2.09. The van der Waals surface area contributed by atoms with E-state index in [9.17, 15) is 8.42 Å². The minimum atomic E-state index is -4.16. The molecule has 5 N–H and O–H groups in total. The number of nitrogens with one attached hydrogen (secondary N) is 1. The zero-order chi connectivity index (χ0) is 11.1. The Morgan fingerprint density at radius 2 is 1.62 bits per heavy atom. The Hall–Kier alpha value is -0.290. The lowest BCUT2D eigenvalue weighted by Crippen LogP contribution is -2.36. The van der Waals surface area contributed by atoms with Gasteiger partial charge in [0.05, 0.1) is 7.11 Å². The van der Waals surface area contributed by atoms with Crippen LogP contribution in [0.1, 0.15) is 0 Å². The molecule has 0 spiro atoms. The number of aliphatic hydroxyl groups excluding tert-OH is 2. The highest BCUT2D eigenvalue weighted by Gasteiger charge is 2.06. The summed E-state index contributed by atoms with van der Waals surface area (Å²) in [7, 11) is -1.87. The largest absolute Gasteiger partial charge is 0.397 e. The van der Waals surface area contributed by atoms with Crippen molar-refractivity contribution in [1.82, 2.24) is 5.32 Å². The molecule has 9 heteroatoms. The maximum Gasteiger partial charge on any atom is 0.397 e. The van der Waals surface area contributed by atoms with Crippen molar-refractivity contribution in [3.63, 3.8) is 0 Å². The first kappa shape index (κ1) is 15.2. The smallest absolute Gasteiger partial charge is 0.373 e. The maximum absolute atomic E-state index is 9.33. The molecule has 0 bridgehead atoms. The molecule has 0 rings (SSSR count). The SMILES string of the molecule is CNC(O)C(O)O.COS(=O)(=O)O. The first-order chi connectivity index (χ1) is 5.74. The van der Waals surface area contributed by atoms with Crippen LogP contribution in [0.15, 0.2) is 0 Å². The summed E-state index contributed by atoms with van der Waals surface area (Å²) in [6, 6.07) is 0. The van der Waals surface area contributed by atoms with Gasteiger partial charge in [0.1, 0.15) is 0 Å². The molecule has 0 aromatic heterocycles. The first-order valence-corrected chi connectivity index (χ1v) is 4.35. The van der Waals surface area contributed by atoms with E-state index >= 15 is 0 Å². The average molecular weight is 219 g/mol. The molecule has 0 aromatic rings. The quantitative estimate of drug-likeness (QED) is 0.255. The van der Waals surface area contributed by atoms with Crippen LogP contribution in [0.4, 0.5) is 0 Å². The molecule has 0 saturated carbocycles. The van der Waals surface area contributed by atoms with Gasteiger partial charge in [-0.1, -0.05) is 0 Å². The van der Waals surface area contributed by atoms with E-state index in [1.807, 2.05) is 0 Å². The zero-order valence-corrected chi connectivity index (χ0v) is 7.89. The van der Waals surface area contributed by atoms with Crippen LogP contribution in [0, 0.1) is 0 Å². The van der Waals surface area contributed by atoms with E-state index in [1.54, 1.807) is 0 Å². The average Bonchev–Trinajstić information content (AvgIpc) is 2.02. The van der Waals surface area contributed by atoms with Crippen LogP contribution >= 0.6 is 0 Å². The van der Waals surface area contributed by atoms with Crippen LogP contribution in [-0.2, 0) is 14.6 Å². The van der Waals surface area contributed by atoms with Crippen LogP contribution in [-0.4, -0.2) is 55.0 Å². The molecular formula is C4H13NO7S. The summed E-state index contributed by atoms with van der Waals surface area (Å²) in [4.78, 5) is 0. The Kier molecular flexibility index (Phi) is 8.35. The van der Waals surface area contributed by atoms with Crippen LogP contribution in [0.2, 0.25) is 0 Å². The molecule has 0 amide bonds. The summed E-state index contributed by atoms with van der Waals surface area (Å²) in [5.74, 6) is 0. The Morgan fingerprint density at radius 1 is 1.31 bits per heavy atom. The Labute approximate surface area is 75.7 Å². The van der Waals surface area contributed by atoms with Crippen molar-refractivity contribution in [2.75, 3.05) is 14.2 Å². The summed E-state index contributed by atoms with van der Waals surface area (Å²) in [6.07, 6.45) is -2.93. The molecule has 1 unspecified atom stereocenters. The molecule has 1 atom stereocenters. The fourth-order valence-corrected chi connectivity index (χ4v) is 0.149. The molecule has 0 aromatic carbocycles. The van der Waals surface area contributed by atoms with Gasteiger partial charge >= 0.3 is 10.4 Å². The van der Waals surface area contributed by atoms with Gasteiger partial charge in [-0.25, -0.2) is 0 Å². The summed E-state index contributed by atoms with van der Waals surface area (Å²) in [5.41, 5.74) is 0. The standard InChI is InChI=1S/C3H9NO3.CH4O4S/c1-4-2(5)3(6)7;1-5-6(2,3)4/h2-7H,1H3;1H3,(H,2,3,4). The van der Waals surface area contributed by atoms with E-state index in [1.165, 1.54) is 7.05 Å². The Balaban J connectivity index is 0. The second-order valence-corrected chi connectivity index (χ2v) is 2.93. The van der Waals surface area contributed by atoms with Gasteiger partial charge < -0.3 is 15.3 Å². The van der Waals surface area contributed by atoms with Crippen LogP contribution < -0.4 is 5.32 Å². The van der Waals surface area contributed by atoms with Gasteiger partial charge in [-0.05, 0) is 7.05 Å². The van der Waals surface area contributed by atoms with E-state index in [-0.39, 0.29) is 0 Å². The van der Waals surface area contributed by atoms with Crippen molar-refractivity contribution in [1.29, 1.82) is 0 Å². The predicted octanol–water partition coefficient (Wildman–Crippen LogP) is -2.73. The molecular weight excluding hydrogens is 206 g/mol. The lowest BCUT2D eigenvalue weighted by atomic mass is 10.6. The molecule has 0 aliphatic heterocycles. The van der Waals surface area contributed by atoms with Crippen molar-refractivity contribution < 1.29 is 32.5 Å². The summed E-state index contributed by atoms with van der Waals surface area (Å²) in [6.45, 7) is 0. The van der Waals surface area contributed by atoms with Crippen molar-refractivity contribution in [3.05, 3.63) is 0 Å². The third kappa shape index (κ3) is 14.6. The van der Waals surface area contributed by atoms with Crippen molar-refractivity contribution in [2.24, 2.45) is 0 Å². The second kappa shape index (κ2) is 7.15. The summed E-state index contributed by atoms with van der Waals surface area (Å²) in [5, 5.41) is 26.7. The van der Waals surface area contributed by atoms with Gasteiger partial charge in [-0.3, -0.25) is 14.1 Å². The summed E-state index contributed by atoms with van der Waals surface area (Å²) >= 11 is 0. The fourth-order valence-electron chi connectivity index (χ4n) is 0.149. The fraction of sp³-hybridized carbons (Fsp3) is 1.00. The van der Waals surface area contributed by atoms with Gasteiger partial charge in [0.15, 0.2) is 12.5 Å². The van der Waals surface area contributed by atoms with Crippen molar-refractivity contribution in [2.45, 2.75) is 12.5 Å². The lowest BCUT2D eigenvalue weighted by molar-refractivity contribution is -0.130. The number of hydrogen-bond donors (Lipinski definition) is 5. The minimum Gasteiger partial charge on any atom is -0.373 e. The van der Waals surface area contributed by atoms with Crippen molar-refractivity contribution in [3.8, 4) is 0 Å². The summed E-state index contributed by atoms with van der Waals surface area (Å²) < 4.78 is 29.7. The number of aliphatic hydroxyl groups is 3. The molecule has 13 heavy (non-hydrogen) atoms. The molecule has 0 aliphatic rings. The van der Waals surface area contributed by atoms with E-state index < -0.39 is 22.9 Å². The van der Waals surface area contributed by atoms with Gasteiger partial charge in [-0.2, -0.15) is 8.42 Å². The highest BCUT2D eigenvalue weighted by molar-refractivity contribution is 7.80. The maximum atomic E-state index is 9.33. The molecule has 82 valence electrons. The predicted molar refractivity (Wildman–Crippen MR) is 41.8 cm³/mol. The van der Waals surface area contributed by atoms with E-state index in [4.69, 9.17) is 19.9 Å². The second-order valence-electron chi connectivity index (χ2n) is 1.74. The van der Waals surface area contributed by atoms with Gasteiger partial charge in [-0.15, -0.1) is 0 Å². The Bertz CT molecular complexity index is 201. The van der Waals surface area contributed by atoms with E-state index in [2.05, 4.69) is 9.50 Å². The van der Waals surface area contributed by atoms with E-state index in [0.29, 0.717) is 0 Å². The molecule has 0 aliphatic carbocycles. The minimum absolute atomic E-state index is 0.870. The van der Waals surface area contributed by atoms with Crippen molar-refractivity contribution >= 4 is 10.4 Å². The Morgan fingerprint density at radius 3 is 1.62 bits per heavy atom. The third-order valence-electron chi connectivity index (χ3n) is 0.789.